The molecule has 0 saturated carbocycles. The van der Waals surface area contributed by atoms with Gasteiger partial charge >= 0.3 is 0 Å². The number of benzene rings is 2. The lowest BCUT2D eigenvalue weighted by atomic mass is 10.1. The van der Waals surface area contributed by atoms with Crippen molar-refractivity contribution in [3.63, 3.8) is 0 Å². The number of ether oxygens (including phenoxy) is 1. The van der Waals surface area contributed by atoms with E-state index in [1.54, 1.807) is 37.3 Å². The summed E-state index contributed by atoms with van der Waals surface area (Å²) in [6, 6.07) is 9.86. The zero-order valence-corrected chi connectivity index (χ0v) is 12.9. The molecule has 1 amide bonds. The van der Waals surface area contributed by atoms with Crippen molar-refractivity contribution in [1.82, 2.24) is 5.43 Å². The molecule has 0 bridgehead atoms. The van der Waals surface area contributed by atoms with Gasteiger partial charge in [0.2, 0.25) is 0 Å². The first-order valence-electron chi connectivity index (χ1n) is 7.11. The summed E-state index contributed by atoms with van der Waals surface area (Å²) in [6.07, 6.45) is 1.31. The molecule has 0 atom stereocenters. The molecule has 2 aromatic rings. The Bertz CT molecular complexity index is 741. The Kier molecular flexibility index (Phi) is 5.19. The lowest BCUT2D eigenvalue weighted by molar-refractivity contribution is 0.0952. The number of rotatable bonds is 5. The van der Waals surface area contributed by atoms with Crippen LogP contribution in [0, 0.1) is 6.92 Å². The van der Waals surface area contributed by atoms with Gasteiger partial charge in [-0.2, -0.15) is 5.10 Å². The molecule has 0 radical (unpaired) electrons. The number of carbonyl (C=O) groups is 1. The Morgan fingerprint density at radius 3 is 2.70 bits per heavy atom. The molecule has 120 valence electrons. The topological polar surface area (TPSA) is 91.2 Å². The number of nitrogens with one attached hydrogen (secondary N) is 1. The van der Waals surface area contributed by atoms with Crippen LogP contribution in [0.2, 0.25) is 0 Å². The normalized spacial score (nSPS) is 10.7. The quantitative estimate of drug-likeness (QED) is 0.584. The third-order valence-corrected chi connectivity index (χ3v) is 3.18. The molecule has 6 heteroatoms. The number of hydrazone groups is 1. The van der Waals surface area contributed by atoms with Crippen molar-refractivity contribution in [2.45, 2.75) is 13.8 Å². The molecule has 0 aliphatic heterocycles. The first kappa shape index (κ1) is 16.4. The van der Waals surface area contributed by atoms with Crippen LogP contribution in [-0.2, 0) is 0 Å². The van der Waals surface area contributed by atoms with Gasteiger partial charge in [-0.05, 0) is 37.6 Å². The Hall–Kier alpha value is -3.02. The highest BCUT2D eigenvalue weighted by molar-refractivity contribution is 5.97. The second kappa shape index (κ2) is 7.31. The van der Waals surface area contributed by atoms with Gasteiger partial charge in [0.1, 0.15) is 5.75 Å². The number of aryl methyl sites for hydroxylation is 1. The summed E-state index contributed by atoms with van der Waals surface area (Å²) in [7, 11) is 0. The third kappa shape index (κ3) is 3.79. The first-order valence-corrected chi connectivity index (χ1v) is 7.11. The SMILES string of the molecule is CCOc1cccc(/C=N/NC(=O)c2cccc(C)c2O)c1O. The van der Waals surface area contributed by atoms with E-state index in [-0.39, 0.29) is 17.1 Å². The molecule has 0 spiro atoms. The number of amides is 1. The second-order valence-corrected chi connectivity index (χ2v) is 4.80. The van der Waals surface area contributed by atoms with Crippen molar-refractivity contribution in [1.29, 1.82) is 0 Å². The molecule has 0 heterocycles. The molecular formula is C17H18N2O4. The maximum Gasteiger partial charge on any atom is 0.275 e. The molecule has 23 heavy (non-hydrogen) atoms. The van der Waals surface area contributed by atoms with Gasteiger partial charge in [0.05, 0.1) is 18.4 Å². The predicted molar refractivity (Wildman–Crippen MR) is 87.2 cm³/mol. The van der Waals surface area contributed by atoms with Crippen LogP contribution in [-0.4, -0.2) is 28.9 Å². The summed E-state index contributed by atoms with van der Waals surface area (Å²) in [5, 5.41) is 23.7. The average Bonchev–Trinajstić information content (AvgIpc) is 2.53. The van der Waals surface area contributed by atoms with E-state index in [2.05, 4.69) is 10.5 Å². The molecule has 0 aromatic heterocycles. The zero-order chi connectivity index (χ0) is 16.8. The number of hydrogen-bond donors (Lipinski definition) is 3. The minimum Gasteiger partial charge on any atom is -0.507 e. The minimum absolute atomic E-state index is 0.0502. The molecule has 2 rings (SSSR count). The van der Waals surface area contributed by atoms with Gasteiger partial charge in [-0.25, -0.2) is 5.43 Å². The average molecular weight is 314 g/mol. The Morgan fingerprint density at radius 2 is 1.96 bits per heavy atom. The molecule has 2 aromatic carbocycles. The van der Waals surface area contributed by atoms with Crippen LogP contribution >= 0.6 is 0 Å². The van der Waals surface area contributed by atoms with E-state index in [0.29, 0.717) is 23.5 Å². The number of para-hydroxylation sites is 2. The summed E-state index contributed by atoms with van der Waals surface area (Å²) >= 11 is 0. The van der Waals surface area contributed by atoms with E-state index < -0.39 is 5.91 Å². The van der Waals surface area contributed by atoms with E-state index in [4.69, 9.17) is 4.74 Å². The number of carbonyl (C=O) groups excluding carboxylic acids is 1. The van der Waals surface area contributed by atoms with Crippen LogP contribution in [0.3, 0.4) is 0 Å². The fourth-order valence-corrected chi connectivity index (χ4v) is 1.98. The zero-order valence-electron chi connectivity index (χ0n) is 12.9. The summed E-state index contributed by atoms with van der Waals surface area (Å²) < 4.78 is 5.27. The highest BCUT2D eigenvalue weighted by atomic mass is 16.5. The smallest absolute Gasteiger partial charge is 0.275 e. The third-order valence-electron chi connectivity index (χ3n) is 3.18. The van der Waals surface area contributed by atoms with Crippen molar-refractivity contribution < 1.29 is 19.7 Å². The molecular weight excluding hydrogens is 296 g/mol. The summed E-state index contributed by atoms with van der Waals surface area (Å²) in [5.41, 5.74) is 3.45. The molecule has 0 fully saturated rings. The Labute approximate surface area is 134 Å². The van der Waals surface area contributed by atoms with Crippen LogP contribution in [0.1, 0.15) is 28.4 Å². The van der Waals surface area contributed by atoms with E-state index >= 15 is 0 Å². The van der Waals surface area contributed by atoms with Crippen LogP contribution in [0.4, 0.5) is 0 Å². The number of aromatic hydroxyl groups is 2. The van der Waals surface area contributed by atoms with Crippen LogP contribution in [0.25, 0.3) is 0 Å². The van der Waals surface area contributed by atoms with Gasteiger partial charge < -0.3 is 14.9 Å². The van der Waals surface area contributed by atoms with E-state index in [0.717, 1.165) is 0 Å². The number of phenols is 2. The molecule has 0 unspecified atom stereocenters. The van der Waals surface area contributed by atoms with Crippen molar-refractivity contribution in [2.75, 3.05) is 6.61 Å². The standard InChI is InChI=1S/C17H18N2O4/c1-3-23-14-9-5-7-12(16(14)21)10-18-19-17(22)13-8-4-6-11(2)15(13)20/h4-10,20-21H,3H2,1-2H3,(H,19,22)/b18-10+. The summed E-state index contributed by atoms with van der Waals surface area (Å²) in [4.78, 5) is 12.0. The maximum atomic E-state index is 12.0. The predicted octanol–water partition coefficient (Wildman–Crippen LogP) is 2.57. The highest BCUT2D eigenvalue weighted by Crippen LogP contribution is 2.28. The van der Waals surface area contributed by atoms with E-state index in [1.807, 2.05) is 6.92 Å². The van der Waals surface area contributed by atoms with Crippen molar-refractivity contribution in [3.8, 4) is 17.2 Å². The van der Waals surface area contributed by atoms with Gasteiger partial charge in [-0.15, -0.1) is 0 Å². The van der Waals surface area contributed by atoms with E-state index in [9.17, 15) is 15.0 Å². The Morgan fingerprint density at radius 1 is 1.22 bits per heavy atom. The van der Waals surface area contributed by atoms with Crippen molar-refractivity contribution in [2.24, 2.45) is 5.10 Å². The number of phenolic OH excluding ortho intramolecular Hbond substituents is 2. The number of nitrogens with zero attached hydrogens (tertiary/aromatic N) is 1. The van der Waals surface area contributed by atoms with Crippen LogP contribution < -0.4 is 10.2 Å². The summed E-state index contributed by atoms with van der Waals surface area (Å²) in [6.45, 7) is 3.94. The second-order valence-electron chi connectivity index (χ2n) is 4.80. The monoisotopic (exact) mass is 314 g/mol. The number of hydrogen-bond acceptors (Lipinski definition) is 5. The molecule has 6 nitrogen and oxygen atoms in total. The minimum atomic E-state index is -0.539. The molecule has 0 saturated heterocycles. The van der Waals surface area contributed by atoms with Gasteiger partial charge in [-0.1, -0.05) is 18.2 Å². The molecule has 0 aliphatic carbocycles. The Balaban J connectivity index is 2.11. The van der Waals surface area contributed by atoms with Crippen molar-refractivity contribution >= 4 is 12.1 Å². The lowest BCUT2D eigenvalue weighted by Gasteiger charge is -2.07. The maximum absolute atomic E-state index is 12.0. The highest BCUT2D eigenvalue weighted by Gasteiger charge is 2.11. The first-order chi connectivity index (χ1) is 11.0. The fraction of sp³-hybridized carbons (Fsp3) is 0.176. The lowest BCUT2D eigenvalue weighted by Crippen LogP contribution is -2.17. The van der Waals surface area contributed by atoms with Crippen LogP contribution in [0.15, 0.2) is 41.5 Å². The fourth-order valence-electron chi connectivity index (χ4n) is 1.98. The van der Waals surface area contributed by atoms with E-state index in [1.165, 1.54) is 12.3 Å². The van der Waals surface area contributed by atoms with Gasteiger partial charge in [0.25, 0.3) is 5.91 Å². The largest absolute Gasteiger partial charge is 0.507 e. The van der Waals surface area contributed by atoms with Crippen LogP contribution in [0.5, 0.6) is 17.2 Å². The van der Waals surface area contributed by atoms with Gasteiger partial charge in [-0.3, -0.25) is 4.79 Å². The molecule has 0 aliphatic rings. The molecule has 3 N–H and O–H groups in total. The van der Waals surface area contributed by atoms with Gasteiger partial charge in [0, 0.05) is 5.56 Å². The summed E-state index contributed by atoms with van der Waals surface area (Å²) in [5.74, 6) is -0.325. The van der Waals surface area contributed by atoms with Crippen molar-refractivity contribution in [3.05, 3.63) is 53.1 Å². The van der Waals surface area contributed by atoms with Gasteiger partial charge in [0.15, 0.2) is 11.5 Å².